The van der Waals surface area contributed by atoms with E-state index >= 15 is 0 Å². The minimum Gasteiger partial charge on any atom is -0.343 e. The minimum atomic E-state index is -4.56. The van der Waals surface area contributed by atoms with E-state index < -0.39 is 48.0 Å². The fourth-order valence-electron chi connectivity index (χ4n) is 5.98. The number of aromatic nitrogens is 1. The summed E-state index contributed by atoms with van der Waals surface area (Å²) in [5.41, 5.74) is 7.79. The lowest BCUT2D eigenvalue weighted by molar-refractivity contribution is -0.137. The molecule has 0 bridgehead atoms. The summed E-state index contributed by atoms with van der Waals surface area (Å²) in [6, 6.07) is 27.9. The average molecular weight is 796 g/mol. The molecule has 0 radical (unpaired) electrons. The van der Waals surface area contributed by atoms with Gasteiger partial charge >= 0.3 is 6.18 Å². The molecule has 0 aliphatic heterocycles. The molecule has 3 amide bonds. The lowest BCUT2D eigenvalue weighted by Crippen LogP contribution is -2.52. The number of pyridine rings is 1. The van der Waals surface area contributed by atoms with Crippen LogP contribution in [0.5, 0.6) is 0 Å². The molecule has 0 spiro atoms. The van der Waals surface area contributed by atoms with Crippen LogP contribution in [0.4, 0.5) is 18.9 Å². The van der Waals surface area contributed by atoms with Crippen LogP contribution in [0.3, 0.4) is 0 Å². The number of carbonyl (C=O) groups excluding carboxylic acids is 5. The molecule has 0 aliphatic rings. The molecule has 15 heteroatoms. The zero-order valence-electron chi connectivity index (χ0n) is 31.5. The van der Waals surface area contributed by atoms with Crippen molar-refractivity contribution >= 4 is 45.9 Å². The van der Waals surface area contributed by atoms with E-state index in [4.69, 9.17) is 5.73 Å². The number of para-hydroxylation sites is 1. The van der Waals surface area contributed by atoms with E-state index in [1.807, 2.05) is 6.07 Å². The Hall–Kier alpha value is -6.29. The number of benzene rings is 4. The molecule has 0 unspecified atom stereocenters. The second-order valence-corrected chi connectivity index (χ2v) is 13.5. The number of alkyl halides is 3. The van der Waals surface area contributed by atoms with Gasteiger partial charge in [0.25, 0.3) is 0 Å². The second-order valence-electron chi connectivity index (χ2n) is 13.5. The summed E-state index contributed by atoms with van der Waals surface area (Å²) in [6.45, 7) is 0.789. The molecule has 58 heavy (non-hydrogen) atoms. The number of nitrogens with one attached hydrogen (secondary N) is 4. The largest absolute Gasteiger partial charge is 0.416 e. The van der Waals surface area contributed by atoms with Gasteiger partial charge in [-0.15, -0.1) is 0 Å². The van der Waals surface area contributed by atoms with Gasteiger partial charge in [-0.25, -0.2) is 0 Å². The van der Waals surface area contributed by atoms with Crippen LogP contribution in [-0.2, 0) is 27.0 Å². The van der Waals surface area contributed by atoms with Crippen LogP contribution in [0.1, 0.15) is 38.3 Å². The molecule has 5 rings (SSSR count). The van der Waals surface area contributed by atoms with Crippen LogP contribution in [-0.4, -0.2) is 90.5 Å². The van der Waals surface area contributed by atoms with Crippen molar-refractivity contribution < 1.29 is 37.1 Å². The number of anilines is 1. The molecule has 2 atom stereocenters. The molecular weight excluding hydrogens is 752 g/mol. The molecule has 5 aromatic rings. The highest BCUT2D eigenvalue weighted by Crippen LogP contribution is 2.29. The molecule has 0 saturated carbocycles. The van der Waals surface area contributed by atoms with Crippen LogP contribution in [0.15, 0.2) is 121 Å². The number of ketones is 2. The van der Waals surface area contributed by atoms with E-state index in [2.05, 4.69) is 26.3 Å². The van der Waals surface area contributed by atoms with Gasteiger partial charge in [-0.3, -0.25) is 29.0 Å². The summed E-state index contributed by atoms with van der Waals surface area (Å²) in [4.78, 5) is 71.7. The Balaban J connectivity index is 1.23. The topological polar surface area (TPSA) is 176 Å². The second kappa shape index (κ2) is 20.8. The van der Waals surface area contributed by atoms with Crippen molar-refractivity contribution in [3.8, 4) is 0 Å². The third kappa shape index (κ3) is 12.9. The SMILES string of the molecule is N[C@@H](CC(=O)N(CCNCC(=O)c1ccccc1)CCNCC(=O)c1ccccc1)C(=O)N[C@@H](Cc1ccc(C(F)(F)F)cc1)C(=O)Nc1cnc2ccccc2c1. The summed E-state index contributed by atoms with van der Waals surface area (Å²) in [5.74, 6) is -2.29. The molecule has 6 N–H and O–H groups in total. The Morgan fingerprint density at radius 3 is 1.83 bits per heavy atom. The zero-order chi connectivity index (χ0) is 41.5. The van der Waals surface area contributed by atoms with Crippen molar-refractivity contribution in [2.75, 3.05) is 44.6 Å². The van der Waals surface area contributed by atoms with Crippen LogP contribution in [0.25, 0.3) is 10.9 Å². The predicted molar refractivity (Wildman–Crippen MR) is 214 cm³/mol. The van der Waals surface area contributed by atoms with E-state index in [1.165, 1.54) is 23.2 Å². The van der Waals surface area contributed by atoms with E-state index in [0.29, 0.717) is 27.9 Å². The number of hydrogen-bond donors (Lipinski definition) is 5. The minimum absolute atomic E-state index is 0.0233. The smallest absolute Gasteiger partial charge is 0.343 e. The number of carbonyl (C=O) groups is 5. The highest BCUT2D eigenvalue weighted by Gasteiger charge is 2.31. The fraction of sp³-hybridized carbons (Fsp3) is 0.256. The molecule has 0 fully saturated rings. The number of amides is 3. The first-order valence-corrected chi connectivity index (χ1v) is 18.6. The van der Waals surface area contributed by atoms with Gasteiger partial charge in [0.1, 0.15) is 6.04 Å². The first-order chi connectivity index (χ1) is 27.9. The molecule has 12 nitrogen and oxygen atoms in total. The first-order valence-electron chi connectivity index (χ1n) is 18.6. The van der Waals surface area contributed by atoms with Gasteiger partial charge in [0.2, 0.25) is 17.7 Å². The maximum absolute atomic E-state index is 13.6. The number of halogens is 3. The molecule has 1 aromatic heterocycles. The number of rotatable bonds is 20. The van der Waals surface area contributed by atoms with E-state index in [-0.39, 0.29) is 57.3 Å². The molecular formula is C43H44F3N7O5. The Bertz CT molecular complexity index is 2110. The third-order valence-corrected chi connectivity index (χ3v) is 9.18. The summed E-state index contributed by atoms with van der Waals surface area (Å²) < 4.78 is 39.7. The molecule has 0 saturated heterocycles. The van der Waals surface area contributed by atoms with Gasteiger partial charge in [-0.1, -0.05) is 91.0 Å². The van der Waals surface area contributed by atoms with Gasteiger partial charge in [0.05, 0.1) is 48.5 Å². The van der Waals surface area contributed by atoms with Gasteiger partial charge in [-0.05, 0) is 29.8 Å². The highest BCUT2D eigenvalue weighted by molar-refractivity contribution is 6.00. The third-order valence-electron chi connectivity index (χ3n) is 9.18. The highest BCUT2D eigenvalue weighted by atomic mass is 19.4. The molecule has 4 aromatic carbocycles. The quantitative estimate of drug-likeness (QED) is 0.0565. The van der Waals surface area contributed by atoms with Gasteiger partial charge in [0, 0.05) is 49.1 Å². The van der Waals surface area contributed by atoms with Crippen LogP contribution in [0.2, 0.25) is 0 Å². The lowest BCUT2D eigenvalue weighted by atomic mass is 10.0. The maximum Gasteiger partial charge on any atom is 0.416 e. The van der Waals surface area contributed by atoms with Crippen molar-refractivity contribution in [2.24, 2.45) is 5.73 Å². The van der Waals surface area contributed by atoms with Crippen molar-refractivity contribution in [1.29, 1.82) is 0 Å². The average Bonchev–Trinajstić information content (AvgIpc) is 3.22. The number of nitrogens with two attached hydrogens (primary N) is 1. The molecule has 0 aliphatic carbocycles. The molecule has 302 valence electrons. The van der Waals surface area contributed by atoms with E-state index in [0.717, 1.165) is 17.5 Å². The number of fused-ring (bicyclic) bond motifs is 1. The van der Waals surface area contributed by atoms with Crippen molar-refractivity contribution in [3.63, 3.8) is 0 Å². The zero-order valence-corrected chi connectivity index (χ0v) is 31.5. The van der Waals surface area contributed by atoms with Gasteiger partial charge in [-0.2, -0.15) is 13.2 Å². The summed E-state index contributed by atoms with van der Waals surface area (Å²) >= 11 is 0. The van der Waals surface area contributed by atoms with Crippen LogP contribution < -0.4 is 27.0 Å². The van der Waals surface area contributed by atoms with Crippen LogP contribution >= 0.6 is 0 Å². The number of Topliss-reactive ketones (excluding diaryl/α,β-unsaturated/α-hetero) is 2. The number of hydrogen-bond acceptors (Lipinski definition) is 9. The Morgan fingerprint density at radius 2 is 1.26 bits per heavy atom. The lowest BCUT2D eigenvalue weighted by Gasteiger charge is -2.25. The maximum atomic E-state index is 13.6. The van der Waals surface area contributed by atoms with E-state index in [9.17, 15) is 37.1 Å². The predicted octanol–water partition coefficient (Wildman–Crippen LogP) is 4.41. The summed E-state index contributed by atoms with van der Waals surface area (Å²) in [7, 11) is 0. The number of nitrogens with zero attached hydrogens (tertiary/aromatic N) is 2. The van der Waals surface area contributed by atoms with Gasteiger partial charge in [0.15, 0.2) is 11.6 Å². The Labute approximate surface area is 333 Å². The summed E-state index contributed by atoms with van der Waals surface area (Å²) in [6.07, 6.45) is -3.77. The Morgan fingerprint density at radius 1 is 0.707 bits per heavy atom. The monoisotopic (exact) mass is 795 g/mol. The van der Waals surface area contributed by atoms with Crippen LogP contribution in [0, 0.1) is 0 Å². The fourth-order valence-corrected chi connectivity index (χ4v) is 5.98. The normalized spacial score (nSPS) is 12.3. The summed E-state index contributed by atoms with van der Waals surface area (Å²) in [5, 5.41) is 12.1. The first kappa shape index (κ1) is 42.8. The van der Waals surface area contributed by atoms with Crippen molar-refractivity contribution in [2.45, 2.75) is 31.1 Å². The molecule has 1 heterocycles. The van der Waals surface area contributed by atoms with Crippen molar-refractivity contribution in [3.05, 3.63) is 144 Å². The Kier molecular flexibility index (Phi) is 15.3. The van der Waals surface area contributed by atoms with Crippen molar-refractivity contribution in [1.82, 2.24) is 25.8 Å². The van der Waals surface area contributed by atoms with E-state index in [1.54, 1.807) is 84.9 Å². The standard InChI is InChI=1S/C43H44F3N7O5/c44-43(45,46)33-17-15-29(16-18-33)23-37(42(58)51-34-24-32-13-7-8-14-36(32)50-26-34)52-41(57)35(47)25-40(56)53(21-19-48-27-38(54)30-9-3-1-4-10-30)22-20-49-28-39(55)31-11-5-2-6-12-31/h1-18,24,26,35,37,48-49H,19-23,25,27-28,47H2,(H,51,58)(H,52,57)/t35-,37-/m0/s1. The van der Waals surface area contributed by atoms with Gasteiger partial charge < -0.3 is 31.9 Å².